The van der Waals surface area contributed by atoms with Gasteiger partial charge in [-0.3, -0.25) is 19.3 Å². The van der Waals surface area contributed by atoms with Gasteiger partial charge in [-0.1, -0.05) is 5.92 Å². The van der Waals surface area contributed by atoms with Crippen molar-refractivity contribution < 1.29 is 56.1 Å². The Bertz CT molecular complexity index is 1840. The minimum Gasteiger partial charge on any atom is -0.481 e. The number of halogens is 4. The number of alkyl halides is 3. The molecule has 0 saturated carbocycles. The maximum absolute atomic E-state index is 14.7. The average Bonchev–Trinajstić information content (AvgIpc) is 3.32. The number of amides is 3. The molecule has 49 heavy (non-hydrogen) atoms. The van der Waals surface area contributed by atoms with Gasteiger partial charge in [0.25, 0.3) is 17.7 Å². The Morgan fingerprint density at radius 3 is 2.20 bits per heavy atom. The predicted molar refractivity (Wildman–Crippen MR) is 165 cm³/mol. The molecule has 1 aliphatic carbocycles. The Hall–Kier alpha value is -5.91. The number of benzene rings is 2. The van der Waals surface area contributed by atoms with Crippen molar-refractivity contribution in [3.63, 3.8) is 0 Å². The smallest absolute Gasteiger partial charge is 0.417 e. The van der Waals surface area contributed by atoms with Crippen molar-refractivity contribution >= 4 is 35.1 Å². The monoisotopic (exact) mass is 681 g/mol. The van der Waals surface area contributed by atoms with E-state index in [9.17, 15) is 36.7 Å². The molecule has 1 N–H and O–H groups in total. The summed E-state index contributed by atoms with van der Waals surface area (Å²) >= 11 is 0. The van der Waals surface area contributed by atoms with Crippen molar-refractivity contribution in [3.05, 3.63) is 77.3 Å². The number of hydrogen-bond acceptors (Lipinski definition) is 8. The molecule has 11 nitrogen and oxygen atoms in total. The van der Waals surface area contributed by atoms with Crippen LogP contribution in [0.5, 0.6) is 23.1 Å². The summed E-state index contributed by atoms with van der Waals surface area (Å²) < 4.78 is 67.6. The summed E-state index contributed by atoms with van der Waals surface area (Å²) in [6.07, 6.45) is 3.24. The number of rotatable bonds is 7. The Morgan fingerprint density at radius 1 is 1.02 bits per heavy atom. The molecule has 0 radical (unpaired) electrons. The van der Waals surface area contributed by atoms with E-state index in [-0.39, 0.29) is 42.1 Å². The lowest BCUT2D eigenvalue weighted by Crippen LogP contribution is -2.39. The Balaban J connectivity index is 0.000000193. The number of aromatic nitrogens is 1. The highest BCUT2D eigenvalue weighted by molar-refractivity contribution is 6.33. The Kier molecular flexibility index (Phi) is 9.88. The summed E-state index contributed by atoms with van der Waals surface area (Å²) in [6, 6.07) is 10.3. The number of hydrogen-bond donors (Lipinski definition) is 1. The van der Waals surface area contributed by atoms with Gasteiger partial charge >= 0.3 is 12.1 Å². The van der Waals surface area contributed by atoms with Crippen molar-refractivity contribution in [2.75, 3.05) is 23.0 Å². The molecule has 0 fully saturated rings. The number of carboxylic acids is 1. The van der Waals surface area contributed by atoms with E-state index in [1.165, 1.54) is 42.2 Å². The van der Waals surface area contributed by atoms with E-state index < -0.39 is 41.4 Å². The second-order valence-electron chi connectivity index (χ2n) is 10.9. The highest BCUT2D eigenvalue weighted by Gasteiger charge is 2.41. The van der Waals surface area contributed by atoms with Crippen LogP contribution in [0.25, 0.3) is 0 Å². The van der Waals surface area contributed by atoms with Gasteiger partial charge in [-0.25, -0.2) is 19.1 Å². The van der Waals surface area contributed by atoms with Crippen molar-refractivity contribution in [3.8, 4) is 35.5 Å². The van der Waals surface area contributed by atoms with E-state index in [0.29, 0.717) is 41.7 Å². The van der Waals surface area contributed by atoms with E-state index in [1.54, 1.807) is 0 Å². The van der Waals surface area contributed by atoms with Gasteiger partial charge in [0.1, 0.15) is 17.2 Å². The lowest BCUT2D eigenvalue weighted by atomic mass is 9.93. The van der Waals surface area contributed by atoms with E-state index >= 15 is 0 Å². The van der Waals surface area contributed by atoms with E-state index in [0.717, 1.165) is 35.9 Å². The zero-order valence-electron chi connectivity index (χ0n) is 25.8. The summed E-state index contributed by atoms with van der Waals surface area (Å²) in [5.74, 6) is -0.0340. The zero-order chi connectivity index (χ0) is 35.5. The van der Waals surface area contributed by atoms with Gasteiger partial charge in [-0.15, -0.1) is 6.42 Å². The van der Waals surface area contributed by atoms with Crippen LogP contribution in [-0.2, 0) is 25.4 Å². The third-order valence-corrected chi connectivity index (χ3v) is 7.62. The average molecular weight is 682 g/mol. The topological polar surface area (TPSA) is 136 Å². The number of carboxylic acid groups (broad SMARTS) is 1. The number of terminal acetylenes is 1. The first-order valence-corrected chi connectivity index (χ1v) is 14.8. The van der Waals surface area contributed by atoms with Crippen LogP contribution >= 0.6 is 0 Å². The van der Waals surface area contributed by atoms with Crippen molar-refractivity contribution in [2.45, 2.75) is 44.9 Å². The maximum atomic E-state index is 14.7. The number of nitrogens with zero attached hydrogens (tertiary/aromatic N) is 3. The second-order valence-corrected chi connectivity index (χ2v) is 10.9. The fraction of sp³-hybridized carbons (Fsp3) is 0.265. The highest BCUT2D eigenvalue weighted by atomic mass is 19.4. The first-order valence-electron chi connectivity index (χ1n) is 14.8. The summed E-state index contributed by atoms with van der Waals surface area (Å²) in [4.78, 5) is 53.8. The minimum absolute atomic E-state index is 0.00516. The lowest BCUT2D eigenvalue weighted by Gasteiger charge is -2.29. The summed E-state index contributed by atoms with van der Waals surface area (Å²) in [5, 5.41) is 8.73. The second kappa shape index (κ2) is 14.1. The molecule has 1 aromatic heterocycles. The molecule has 0 bridgehead atoms. The molecule has 3 amide bonds. The highest BCUT2D eigenvalue weighted by Crippen LogP contribution is 2.42. The van der Waals surface area contributed by atoms with Crippen LogP contribution in [0.2, 0.25) is 0 Å². The van der Waals surface area contributed by atoms with Crippen LogP contribution in [-0.4, -0.2) is 53.0 Å². The fourth-order valence-electron chi connectivity index (χ4n) is 5.18. The number of aliphatic carboxylic acids is 1. The molecular weight excluding hydrogens is 654 g/mol. The van der Waals surface area contributed by atoms with E-state index in [1.807, 2.05) is 0 Å². The number of anilines is 2. The largest absolute Gasteiger partial charge is 0.481 e. The first kappa shape index (κ1) is 34.4. The summed E-state index contributed by atoms with van der Waals surface area (Å²) in [7, 11) is 0. The van der Waals surface area contributed by atoms with Crippen LogP contribution in [0.15, 0.2) is 65.9 Å². The third-order valence-electron chi connectivity index (χ3n) is 7.62. The first-order chi connectivity index (χ1) is 23.3. The Labute approximate surface area is 276 Å². The normalized spacial score (nSPS) is 16.1. The molecule has 3 aliphatic rings. The maximum Gasteiger partial charge on any atom is 0.417 e. The van der Waals surface area contributed by atoms with Crippen molar-refractivity contribution in [1.29, 1.82) is 0 Å². The molecule has 2 aliphatic heterocycles. The van der Waals surface area contributed by atoms with Gasteiger partial charge in [-0.2, -0.15) is 13.2 Å². The van der Waals surface area contributed by atoms with Gasteiger partial charge in [-0.05, 0) is 69.0 Å². The molecule has 0 saturated heterocycles. The summed E-state index contributed by atoms with van der Waals surface area (Å²) in [6.45, 7) is 1.13. The minimum atomic E-state index is -4.45. The van der Waals surface area contributed by atoms with E-state index in [2.05, 4.69) is 10.9 Å². The molecule has 6 rings (SSSR count). The molecule has 1 atom stereocenters. The molecule has 2 aromatic carbocycles. The SMILES string of the molecule is C#CCN1C(=O)COc2cc(F)c(N3C(=O)C4=C(CCCC4)C3=O)cc21.CC(Oc1ccc(Oc2ccc(C(F)(F)F)cn2)cc1)C(=O)O. The molecule has 15 heteroatoms. The summed E-state index contributed by atoms with van der Waals surface area (Å²) in [5.41, 5.74) is 0.128. The number of fused-ring (bicyclic) bond motifs is 1. The molecule has 1 unspecified atom stereocenters. The van der Waals surface area contributed by atoms with E-state index in [4.69, 9.17) is 25.7 Å². The number of pyridine rings is 1. The lowest BCUT2D eigenvalue weighted by molar-refractivity contribution is -0.144. The van der Waals surface area contributed by atoms with Gasteiger partial charge < -0.3 is 19.3 Å². The number of carbonyl (C=O) groups is 4. The van der Waals surface area contributed by atoms with Crippen molar-refractivity contribution in [1.82, 2.24) is 4.98 Å². The number of carbonyl (C=O) groups excluding carboxylic acids is 3. The molecule has 254 valence electrons. The predicted octanol–water partition coefficient (Wildman–Crippen LogP) is 5.67. The van der Waals surface area contributed by atoms with Gasteiger partial charge in [0.05, 0.1) is 23.5 Å². The standard InChI is InChI=1S/C19H15FN2O4.C15H12F3NO4/c1-2-7-21-15-9-14(13(20)8-16(15)26-10-17(21)23)22-18(24)11-5-3-4-6-12(11)19(22)25;1-9(14(20)21)22-11-3-5-12(6-4-11)23-13-7-2-10(8-19-13)15(16,17)18/h1,8-9H,3-7,10H2;2-9H,1H3,(H,20,21). The molecular formula is C34H27F4N3O8. The zero-order valence-corrected chi connectivity index (χ0v) is 25.8. The molecule has 3 heterocycles. The fourth-order valence-corrected chi connectivity index (χ4v) is 5.18. The quantitative estimate of drug-likeness (QED) is 0.190. The van der Waals surface area contributed by atoms with Crippen LogP contribution in [0.4, 0.5) is 28.9 Å². The van der Waals surface area contributed by atoms with Crippen LogP contribution < -0.4 is 24.0 Å². The number of imide groups is 1. The van der Waals surface area contributed by atoms with Crippen LogP contribution in [0.1, 0.15) is 38.2 Å². The molecule has 0 spiro atoms. The van der Waals surface area contributed by atoms with Gasteiger partial charge in [0.2, 0.25) is 5.88 Å². The Morgan fingerprint density at radius 2 is 1.65 bits per heavy atom. The van der Waals surface area contributed by atoms with Crippen LogP contribution in [0.3, 0.4) is 0 Å². The third kappa shape index (κ3) is 7.48. The van der Waals surface area contributed by atoms with Crippen molar-refractivity contribution in [2.24, 2.45) is 0 Å². The van der Waals surface area contributed by atoms with Gasteiger partial charge in [0.15, 0.2) is 18.5 Å². The van der Waals surface area contributed by atoms with Crippen LogP contribution in [0, 0.1) is 18.2 Å². The molecule has 3 aromatic rings. The number of ether oxygens (including phenoxy) is 3. The van der Waals surface area contributed by atoms with Gasteiger partial charge in [0, 0.05) is 29.5 Å².